The largest absolute Gasteiger partial charge is 0.492 e. The Balaban J connectivity index is 1.67. The summed E-state index contributed by atoms with van der Waals surface area (Å²) in [7, 11) is 4.15. The van der Waals surface area contributed by atoms with Crippen LogP contribution in [0.4, 0.5) is 4.79 Å². The summed E-state index contributed by atoms with van der Waals surface area (Å²) in [4.78, 5) is 16.2. The Kier molecular flexibility index (Phi) is 6.28. The average Bonchev–Trinajstić information content (AvgIpc) is 2.90. The second-order valence-electron chi connectivity index (χ2n) is 6.77. The molecule has 1 aromatic rings. The molecular formula is C18H29N3O2. The summed E-state index contributed by atoms with van der Waals surface area (Å²) in [5.74, 6) is 1.45. The van der Waals surface area contributed by atoms with E-state index in [0.717, 1.165) is 31.8 Å². The maximum absolute atomic E-state index is 12.1. The van der Waals surface area contributed by atoms with E-state index in [4.69, 9.17) is 4.74 Å². The quantitative estimate of drug-likeness (QED) is 0.818. The number of rotatable bonds is 6. The summed E-state index contributed by atoms with van der Waals surface area (Å²) in [6.45, 7) is 7.87. The number of carbonyl (C=O) groups is 1. The van der Waals surface area contributed by atoms with E-state index in [1.807, 2.05) is 17.0 Å². The van der Waals surface area contributed by atoms with Crippen molar-refractivity contribution < 1.29 is 9.53 Å². The van der Waals surface area contributed by atoms with Crippen LogP contribution in [-0.4, -0.2) is 62.7 Å². The molecule has 1 saturated heterocycles. The zero-order chi connectivity index (χ0) is 16.8. The van der Waals surface area contributed by atoms with Crippen LogP contribution in [0, 0.1) is 19.8 Å². The summed E-state index contributed by atoms with van der Waals surface area (Å²) in [6, 6.07) is 6.17. The number of likely N-dealkylation sites (tertiary alicyclic amines) is 1. The smallest absolute Gasteiger partial charge is 0.317 e. The molecule has 1 aliphatic heterocycles. The van der Waals surface area contributed by atoms with E-state index in [1.54, 1.807) is 0 Å². The minimum Gasteiger partial charge on any atom is -0.492 e. The Morgan fingerprint density at radius 2 is 2.00 bits per heavy atom. The van der Waals surface area contributed by atoms with Gasteiger partial charge in [-0.05, 0) is 63.5 Å². The number of benzene rings is 1. The highest BCUT2D eigenvalue weighted by Gasteiger charge is 2.26. The SMILES string of the molecule is Cc1cc(C)cc(OCCNC(=O)N2CC[C@H](CN(C)C)C2)c1. The first-order valence-electron chi connectivity index (χ1n) is 8.32. The molecule has 2 amide bonds. The first-order chi connectivity index (χ1) is 10.9. The van der Waals surface area contributed by atoms with Crippen molar-refractivity contribution in [2.24, 2.45) is 5.92 Å². The highest BCUT2D eigenvalue weighted by molar-refractivity contribution is 5.74. The van der Waals surface area contributed by atoms with Gasteiger partial charge in [-0.3, -0.25) is 0 Å². The Morgan fingerprint density at radius 3 is 2.65 bits per heavy atom. The van der Waals surface area contributed by atoms with Crippen LogP contribution in [0.2, 0.25) is 0 Å². The fourth-order valence-corrected chi connectivity index (χ4v) is 3.14. The Bertz CT molecular complexity index is 511. The summed E-state index contributed by atoms with van der Waals surface area (Å²) in [5, 5.41) is 2.95. The zero-order valence-corrected chi connectivity index (χ0v) is 14.8. The predicted molar refractivity (Wildman–Crippen MR) is 93.0 cm³/mol. The third-order valence-corrected chi connectivity index (χ3v) is 4.04. The molecule has 0 bridgehead atoms. The standard InChI is InChI=1S/C18H29N3O2/c1-14-9-15(2)11-17(10-14)23-8-6-19-18(22)21-7-5-16(13-21)12-20(3)4/h9-11,16H,5-8,12-13H2,1-4H3,(H,19,22)/t16-/m1/s1. The van der Waals surface area contributed by atoms with Crippen LogP contribution in [0.5, 0.6) is 5.75 Å². The Morgan fingerprint density at radius 1 is 1.30 bits per heavy atom. The number of nitrogens with zero attached hydrogens (tertiary/aromatic N) is 2. The first-order valence-corrected chi connectivity index (χ1v) is 8.32. The molecule has 1 fully saturated rings. The van der Waals surface area contributed by atoms with Gasteiger partial charge in [0.2, 0.25) is 0 Å². The number of carbonyl (C=O) groups excluding carboxylic acids is 1. The van der Waals surface area contributed by atoms with E-state index in [0.29, 0.717) is 19.1 Å². The minimum absolute atomic E-state index is 0.0234. The molecule has 1 heterocycles. The van der Waals surface area contributed by atoms with Crippen molar-refractivity contribution >= 4 is 6.03 Å². The second kappa shape index (κ2) is 8.20. The maximum atomic E-state index is 12.1. The molecule has 0 radical (unpaired) electrons. The molecule has 128 valence electrons. The fourth-order valence-electron chi connectivity index (χ4n) is 3.14. The van der Waals surface area contributed by atoms with Gasteiger partial charge in [-0.2, -0.15) is 0 Å². The van der Waals surface area contributed by atoms with Crippen LogP contribution in [0.15, 0.2) is 18.2 Å². The molecule has 5 nitrogen and oxygen atoms in total. The van der Waals surface area contributed by atoms with Gasteiger partial charge >= 0.3 is 6.03 Å². The summed E-state index contributed by atoms with van der Waals surface area (Å²) >= 11 is 0. The van der Waals surface area contributed by atoms with Crippen LogP contribution in [0.3, 0.4) is 0 Å². The lowest BCUT2D eigenvalue weighted by Gasteiger charge is -2.19. The lowest BCUT2D eigenvalue weighted by atomic mass is 10.1. The van der Waals surface area contributed by atoms with E-state index in [-0.39, 0.29) is 6.03 Å². The van der Waals surface area contributed by atoms with Crippen molar-refractivity contribution in [3.05, 3.63) is 29.3 Å². The van der Waals surface area contributed by atoms with Crippen molar-refractivity contribution in [3.63, 3.8) is 0 Å². The number of hydrogen-bond acceptors (Lipinski definition) is 3. The van der Waals surface area contributed by atoms with Gasteiger partial charge < -0.3 is 19.9 Å². The van der Waals surface area contributed by atoms with Crippen molar-refractivity contribution in [2.45, 2.75) is 20.3 Å². The minimum atomic E-state index is 0.0234. The number of aryl methyl sites for hydroxylation is 2. The number of amides is 2. The molecular weight excluding hydrogens is 290 g/mol. The van der Waals surface area contributed by atoms with Gasteiger partial charge in [0.25, 0.3) is 0 Å². The molecule has 0 aromatic heterocycles. The van der Waals surface area contributed by atoms with Crippen molar-refractivity contribution in [2.75, 3.05) is 46.9 Å². The van der Waals surface area contributed by atoms with Crippen LogP contribution < -0.4 is 10.1 Å². The molecule has 1 atom stereocenters. The van der Waals surface area contributed by atoms with E-state index in [2.05, 4.69) is 44.2 Å². The van der Waals surface area contributed by atoms with Crippen LogP contribution in [0.25, 0.3) is 0 Å². The molecule has 1 aromatic carbocycles. The van der Waals surface area contributed by atoms with Gasteiger partial charge in [0.05, 0.1) is 6.54 Å². The lowest BCUT2D eigenvalue weighted by molar-refractivity contribution is 0.202. The Hall–Kier alpha value is -1.75. The van der Waals surface area contributed by atoms with Crippen LogP contribution in [-0.2, 0) is 0 Å². The third kappa shape index (κ3) is 5.75. The topological polar surface area (TPSA) is 44.8 Å². The predicted octanol–water partition coefficient (Wildman–Crippen LogP) is 2.28. The lowest BCUT2D eigenvalue weighted by Crippen LogP contribution is -2.40. The van der Waals surface area contributed by atoms with Crippen molar-refractivity contribution in [1.29, 1.82) is 0 Å². The monoisotopic (exact) mass is 319 g/mol. The summed E-state index contributed by atoms with van der Waals surface area (Å²) in [6.07, 6.45) is 1.09. The second-order valence-corrected chi connectivity index (χ2v) is 6.77. The molecule has 2 rings (SSSR count). The molecule has 1 aliphatic rings. The van der Waals surface area contributed by atoms with E-state index in [9.17, 15) is 4.79 Å². The highest BCUT2D eigenvalue weighted by Crippen LogP contribution is 2.17. The van der Waals surface area contributed by atoms with Crippen molar-refractivity contribution in [3.8, 4) is 5.75 Å². The van der Waals surface area contributed by atoms with E-state index >= 15 is 0 Å². The van der Waals surface area contributed by atoms with Gasteiger partial charge in [0.1, 0.15) is 12.4 Å². The maximum Gasteiger partial charge on any atom is 0.317 e. The number of urea groups is 1. The number of hydrogen-bond donors (Lipinski definition) is 1. The highest BCUT2D eigenvalue weighted by atomic mass is 16.5. The Labute approximate surface area is 139 Å². The number of ether oxygens (including phenoxy) is 1. The first kappa shape index (κ1) is 17.6. The molecule has 0 spiro atoms. The molecule has 0 unspecified atom stereocenters. The normalized spacial score (nSPS) is 17.6. The molecule has 5 heteroatoms. The van der Waals surface area contributed by atoms with E-state index in [1.165, 1.54) is 11.1 Å². The molecule has 0 aliphatic carbocycles. The fraction of sp³-hybridized carbons (Fsp3) is 0.611. The summed E-state index contributed by atoms with van der Waals surface area (Å²) < 4.78 is 5.71. The van der Waals surface area contributed by atoms with E-state index < -0.39 is 0 Å². The summed E-state index contributed by atoms with van der Waals surface area (Å²) in [5.41, 5.74) is 2.38. The third-order valence-electron chi connectivity index (χ3n) is 4.04. The van der Waals surface area contributed by atoms with Gasteiger partial charge in [-0.1, -0.05) is 6.07 Å². The zero-order valence-electron chi connectivity index (χ0n) is 14.8. The molecule has 0 saturated carbocycles. The van der Waals surface area contributed by atoms with Crippen molar-refractivity contribution in [1.82, 2.24) is 15.1 Å². The van der Waals surface area contributed by atoms with Crippen LogP contribution >= 0.6 is 0 Å². The molecule has 23 heavy (non-hydrogen) atoms. The van der Waals surface area contributed by atoms with Crippen LogP contribution in [0.1, 0.15) is 17.5 Å². The van der Waals surface area contributed by atoms with Gasteiger partial charge in [-0.25, -0.2) is 4.79 Å². The molecule has 1 N–H and O–H groups in total. The average molecular weight is 319 g/mol. The van der Waals surface area contributed by atoms with Gasteiger partial charge in [0, 0.05) is 19.6 Å². The number of nitrogens with one attached hydrogen (secondary N) is 1. The van der Waals surface area contributed by atoms with Gasteiger partial charge in [0.15, 0.2) is 0 Å². The van der Waals surface area contributed by atoms with Gasteiger partial charge in [-0.15, -0.1) is 0 Å².